The third-order valence-corrected chi connectivity index (χ3v) is 5.42. The Morgan fingerprint density at radius 3 is 2.29 bits per heavy atom. The number of rotatable bonds is 13. The van der Waals surface area contributed by atoms with E-state index in [1.54, 1.807) is 6.20 Å². The number of para-hydroxylation sites is 1. The van der Waals surface area contributed by atoms with Crippen molar-refractivity contribution in [2.75, 3.05) is 0 Å². The molecule has 0 bridgehead atoms. The summed E-state index contributed by atoms with van der Waals surface area (Å²) in [5.41, 5.74) is 7.26. The molecule has 1 aromatic heterocycles. The standard InChI is InChI=1S/C23H32N4O7/c1-12(2)9-17(26-22(32)20(30)15(24)7-8-19(28)29)21(31)27-18(23(33)34)10-13-11-25-16-6-4-3-5-14(13)16/h3-6,11-12,15,17-18,20,25,30H,7-10,24H2,1-2H3,(H,26,32)(H,27,31)(H,28,29)(H,33,34)/t15-,17+,18+,20+/m1/s1. The van der Waals surface area contributed by atoms with Crippen molar-refractivity contribution in [1.29, 1.82) is 0 Å². The summed E-state index contributed by atoms with van der Waals surface area (Å²) in [4.78, 5) is 51.0. The van der Waals surface area contributed by atoms with Gasteiger partial charge in [0.05, 0.1) is 0 Å². The molecule has 8 N–H and O–H groups in total. The molecule has 1 heterocycles. The van der Waals surface area contributed by atoms with Gasteiger partial charge in [-0.1, -0.05) is 32.0 Å². The fraction of sp³-hybridized carbons (Fsp3) is 0.478. The number of aromatic nitrogens is 1. The van der Waals surface area contributed by atoms with E-state index < -0.39 is 48.0 Å². The Hall–Kier alpha value is -3.44. The van der Waals surface area contributed by atoms with Gasteiger partial charge in [0.2, 0.25) is 5.91 Å². The second-order valence-corrected chi connectivity index (χ2v) is 8.69. The molecule has 2 rings (SSSR count). The molecule has 1 aromatic carbocycles. The first-order valence-electron chi connectivity index (χ1n) is 11.0. The van der Waals surface area contributed by atoms with E-state index in [1.165, 1.54) is 0 Å². The molecule has 11 heteroatoms. The van der Waals surface area contributed by atoms with Gasteiger partial charge in [-0.05, 0) is 30.4 Å². The number of benzene rings is 1. The highest BCUT2D eigenvalue weighted by molar-refractivity contribution is 5.92. The van der Waals surface area contributed by atoms with Crippen molar-refractivity contribution in [1.82, 2.24) is 15.6 Å². The first kappa shape index (κ1) is 26.8. The van der Waals surface area contributed by atoms with Crippen molar-refractivity contribution in [3.8, 4) is 0 Å². The molecular weight excluding hydrogens is 444 g/mol. The number of aliphatic carboxylic acids is 2. The van der Waals surface area contributed by atoms with E-state index in [2.05, 4.69) is 15.6 Å². The second kappa shape index (κ2) is 12.1. The van der Waals surface area contributed by atoms with Crippen molar-refractivity contribution in [2.45, 2.75) is 63.8 Å². The zero-order valence-electron chi connectivity index (χ0n) is 19.2. The van der Waals surface area contributed by atoms with Crippen LogP contribution in [0.5, 0.6) is 0 Å². The predicted octanol–water partition coefficient (Wildman–Crippen LogP) is 0.364. The molecule has 0 aliphatic heterocycles. The van der Waals surface area contributed by atoms with Crippen LogP contribution in [0.4, 0.5) is 0 Å². The number of aliphatic hydroxyl groups is 1. The van der Waals surface area contributed by atoms with Crippen LogP contribution in [0.15, 0.2) is 30.5 Å². The van der Waals surface area contributed by atoms with Crippen LogP contribution < -0.4 is 16.4 Å². The summed E-state index contributed by atoms with van der Waals surface area (Å²) in [6, 6.07) is 3.88. The van der Waals surface area contributed by atoms with Crippen LogP contribution in [0.3, 0.4) is 0 Å². The fourth-order valence-corrected chi connectivity index (χ4v) is 3.60. The minimum absolute atomic E-state index is 0.0239. The monoisotopic (exact) mass is 476 g/mol. The zero-order chi connectivity index (χ0) is 25.4. The molecule has 0 unspecified atom stereocenters. The molecule has 0 fully saturated rings. The van der Waals surface area contributed by atoms with Crippen LogP contribution in [0, 0.1) is 5.92 Å². The summed E-state index contributed by atoms with van der Waals surface area (Å²) in [7, 11) is 0. The van der Waals surface area contributed by atoms with E-state index in [4.69, 9.17) is 10.8 Å². The van der Waals surface area contributed by atoms with Crippen LogP contribution in [-0.4, -0.2) is 68.3 Å². The summed E-state index contributed by atoms with van der Waals surface area (Å²) in [5.74, 6) is -4.02. The number of carboxylic acids is 2. The van der Waals surface area contributed by atoms with Crippen molar-refractivity contribution in [3.05, 3.63) is 36.0 Å². The molecule has 0 saturated carbocycles. The highest BCUT2D eigenvalue weighted by Gasteiger charge is 2.31. The number of hydrogen-bond acceptors (Lipinski definition) is 6. The largest absolute Gasteiger partial charge is 0.481 e. The van der Waals surface area contributed by atoms with Gasteiger partial charge >= 0.3 is 11.9 Å². The molecule has 4 atom stereocenters. The number of nitrogens with two attached hydrogens (primary N) is 1. The first-order chi connectivity index (χ1) is 16.0. The topological polar surface area (TPSA) is 195 Å². The molecule has 2 aromatic rings. The summed E-state index contributed by atoms with van der Waals surface area (Å²) in [6.45, 7) is 3.64. The van der Waals surface area contributed by atoms with Crippen LogP contribution in [0.2, 0.25) is 0 Å². The number of amides is 2. The molecule has 186 valence electrons. The number of carbonyl (C=O) groups excluding carboxylic acids is 2. The van der Waals surface area contributed by atoms with Crippen molar-refractivity contribution >= 4 is 34.7 Å². The Kier molecular flexibility index (Phi) is 9.58. The maximum Gasteiger partial charge on any atom is 0.326 e. The highest BCUT2D eigenvalue weighted by atomic mass is 16.4. The summed E-state index contributed by atoms with van der Waals surface area (Å²) < 4.78 is 0. The molecule has 2 amide bonds. The molecule has 0 aliphatic rings. The van der Waals surface area contributed by atoms with Crippen LogP contribution in [-0.2, 0) is 25.6 Å². The minimum atomic E-state index is -1.72. The predicted molar refractivity (Wildman–Crippen MR) is 124 cm³/mol. The maximum atomic E-state index is 12.9. The normalized spacial score (nSPS) is 14.9. The molecule has 34 heavy (non-hydrogen) atoms. The van der Waals surface area contributed by atoms with E-state index in [-0.39, 0.29) is 31.6 Å². The molecule has 0 spiro atoms. The zero-order valence-corrected chi connectivity index (χ0v) is 19.2. The summed E-state index contributed by atoms with van der Waals surface area (Å²) in [6.07, 6.45) is -0.269. The summed E-state index contributed by atoms with van der Waals surface area (Å²) >= 11 is 0. The molecule has 0 radical (unpaired) electrons. The van der Waals surface area contributed by atoms with Crippen molar-refractivity contribution in [2.24, 2.45) is 11.7 Å². The maximum absolute atomic E-state index is 12.9. The van der Waals surface area contributed by atoms with Gasteiger partial charge in [0.1, 0.15) is 18.2 Å². The lowest BCUT2D eigenvalue weighted by Gasteiger charge is -2.25. The van der Waals surface area contributed by atoms with Gasteiger partial charge in [-0.15, -0.1) is 0 Å². The van der Waals surface area contributed by atoms with Gasteiger partial charge in [0, 0.05) is 36.0 Å². The Morgan fingerprint density at radius 2 is 1.68 bits per heavy atom. The second-order valence-electron chi connectivity index (χ2n) is 8.69. The third kappa shape index (κ3) is 7.56. The Morgan fingerprint density at radius 1 is 1.03 bits per heavy atom. The van der Waals surface area contributed by atoms with Crippen LogP contribution in [0.25, 0.3) is 10.9 Å². The lowest BCUT2D eigenvalue weighted by atomic mass is 10.00. The Balaban J connectivity index is 2.10. The lowest BCUT2D eigenvalue weighted by molar-refractivity contribution is -0.142. The van der Waals surface area contributed by atoms with E-state index in [9.17, 15) is 29.4 Å². The number of aliphatic hydroxyl groups excluding tert-OH is 1. The van der Waals surface area contributed by atoms with Gasteiger partial charge in [0.15, 0.2) is 0 Å². The first-order valence-corrected chi connectivity index (χ1v) is 11.0. The van der Waals surface area contributed by atoms with Gasteiger partial charge in [-0.25, -0.2) is 4.79 Å². The highest BCUT2D eigenvalue weighted by Crippen LogP contribution is 2.19. The van der Waals surface area contributed by atoms with E-state index in [0.29, 0.717) is 5.56 Å². The number of nitrogens with one attached hydrogen (secondary N) is 3. The quantitative estimate of drug-likeness (QED) is 0.215. The number of aromatic amines is 1. The third-order valence-electron chi connectivity index (χ3n) is 5.42. The summed E-state index contributed by atoms with van der Waals surface area (Å²) in [5, 5.41) is 34.3. The number of carboxylic acid groups (broad SMARTS) is 2. The van der Waals surface area contributed by atoms with E-state index >= 15 is 0 Å². The van der Waals surface area contributed by atoms with Crippen LogP contribution >= 0.6 is 0 Å². The Bertz CT molecular complexity index is 1020. The molecule has 0 saturated heterocycles. The van der Waals surface area contributed by atoms with Gasteiger partial charge in [-0.2, -0.15) is 0 Å². The van der Waals surface area contributed by atoms with E-state index in [0.717, 1.165) is 10.9 Å². The molecular formula is C23H32N4O7. The van der Waals surface area contributed by atoms with Gasteiger partial charge < -0.3 is 36.7 Å². The SMILES string of the molecule is CC(C)C[C@H](NC(=O)[C@@H](O)[C@H](N)CCC(=O)O)C(=O)N[C@@H](Cc1c[nH]c2ccccc12)C(=O)O. The van der Waals surface area contributed by atoms with Gasteiger partial charge in [0.25, 0.3) is 5.91 Å². The number of hydrogen-bond donors (Lipinski definition) is 7. The van der Waals surface area contributed by atoms with Crippen molar-refractivity contribution < 1.29 is 34.5 Å². The minimum Gasteiger partial charge on any atom is -0.481 e. The number of fused-ring (bicyclic) bond motifs is 1. The average Bonchev–Trinajstić information content (AvgIpc) is 3.18. The van der Waals surface area contributed by atoms with Gasteiger partial charge in [-0.3, -0.25) is 14.4 Å². The lowest BCUT2D eigenvalue weighted by Crippen LogP contribution is -2.56. The smallest absolute Gasteiger partial charge is 0.326 e. The average molecular weight is 477 g/mol. The van der Waals surface area contributed by atoms with Crippen molar-refractivity contribution in [3.63, 3.8) is 0 Å². The molecule has 0 aliphatic carbocycles. The molecule has 11 nitrogen and oxygen atoms in total. The number of carbonyl (C=O) groups is 4. The number of H-pyrrole nitrogens is 1. The fourth-order valence-electron chi connectivity index (χ4n) is 3.60. The van der Waals surface area contributed by atoms with Crippen LogP contribution in [0.1, 0.15) is 38.7 Å². The Labute approximate surface area is 196 Å². The van der Waals surface area contributed by atoms with E-state index in [1.807, 2.05) is 38.1 Å².